The van der Waals surface area contributed by atoms with Crippen molar-refractivity contribution in [1.29, 1.82) is 0 Å². The van der Waals surface area contributed by atoms with Crippen LogP contribution >= 0.6 is 0 Å². The minimum Gasteiger partial charge on any atom is -0.465 e. The molecule has 1 aromatic heterocycles. The Kier molecular flexibility index (Phi) is 5.21. The van der Waals surface area contributed by atoms with E-state index in [2.05, 4.69) is 5.10 Å². The lowest BCUT2D eigenvalue weighted by Crippen LogP contribution is -2.26. The molecule has 0 N–H and O–H groups in total. The van der Waals surface area contributed by atoms with Gasteiger partial charge in [-0.05, 0) is 49.4 Å². The second-order valence-corrected chi connectivity index (χ2v) is 5.73. The van der Waals surface area contributed by atoms with E-state index >= 15 is 0 Å². The van der Waals surface area contributed by atoms with Gasteiger partial charge in [-0.2, -0.15) is 5.10 Å². The lowest BCUT2D eigenvalue weighted by Gasteiger charge is -2.23. The molecule has 7 nitrogen and oxygen atoms in total. The molecule has 0 atom stereocenters. The number of allylic oxidation sites excluding steroid dienone is 2. The number of carbonyl (C=O) groups is 2. The average molecular weight is 365 g/mol. The van der Waals surface area contributed by atoms with E-state index in [0.29, 0.717) is 5.69 Å². The Morgan fingerprint density at radius 3 is 2.19 bits per heavy atom. The quantitative estimate of drug-likeness (QED) is 0.776. The van der Waals surface area contributed by atoms with Crippen molar-refractivity contribution < 1.29 is 19.1 Å². The maximum atomic E-state index is 12.4. The van der Waals surface area contributed by atoms with Crippen LogP contribution < -0.4 is 4.90 Å². The third-order valence-electron chi connectivity index (χ3n) is 4.00. The number of aryl methyl sites for hydroxylation is 1. The molecular formula is C20H19N3O4. The third-order valence-corrected chi connectivity index (χ3v) is 4.00. The Hall–Kier alpha value is -3.61. The normalized spacial score (nSPS) is 13.5. The summed E-state index contributed by atoms with van der Waals surface area (Å²) in [6.45, 7) is 1.92. The second kappa shape index (κ2) is 7.74. The van der Waals surface area contributed by atoms with Crippen LogP contribution in [0.2, 0.25) is 0 Å². The predicted octanol–water partition coefficient (Wildman–Crippen LogP) is 2.67. The van der Waals surface area contributed by atoms with E-state index in [1.807, 2.05) is 43.5 Å². The monoisotopic (exact) mass is 365 g/mol. The number of hydrogen-bond donors (Lipinski definition) is 0. The van der Waals surface area contributed by atoms with Crippen molar-refractivity contribution in [3.05, 3.63) is 77.9 Å². The zero-order valence-corrected chi connectivity index (χ0v) is 15.2. The number of carbonyl (C=O) groups excluding carboxylic acids is 2. The molecule has 3 rings (SSSR count). The maximum absolute atomic E-state index is 12.4. The van der Waals surface area contributed by atoms with E-state index in [0.717, 1.165) is 11.4 Å². The standard InChI is InChI=1S/C20H19N3O4/c1-14-11-13-23(21-14)16-9-7-15(8-10-16)22-12-5-4-6-17(19(24)26-2)18(22)20(25)27-3/h4-13H,1-3H3. The number of benzene rings is 1. The first kappa shape index (κ1) is 18.2. The second-order valence-electron chi connectivity index (χ2n) is 5.73. The first-order valence-electron chi connectivity index (χ1n) is 8.23. The smallest absolute Gasteiger partial charge is 0.355 e. The van der Waals surface area contributed by atoms with Gasteiger partial charge in [0.1, 0.15) is 5.70 Å². The predicted molar refractivity (Wildman–Crippen MR) is 100 cm³/mol. The molecule has 0 saturated carbocycles. The van der Waals surface area contributed by atoms with Crippen LogP contribution in [-0.2, 0) is 19.1 Å². The summed E-state index contributed by atoms with van der Waals surface area (Å²) in [5, 5.41) is 4.38. The number of ether oxygens (including phenoxy) is 2. The highest BCUT2D eigenvalue weighted by atomic mass is 16.5. The summed E-state index contributed by atoms with van der Waals surface area (Å²) in [7, 11) is 2.53. The van der Waals surface area contributed by atoms with E-state index in [1.165, 1.54) is 20.3 Å². The van der Waals surface area contributed by atoms with Gasteiger partial charge in [0.25, 0.3) is 0 Å². The van der Waals surface area contributed by atoms with Crippen LogP contribution in [0.25, 0.3) is 5.69 Å². The molecule has 0 saturated heterocycles. The van der Waals surface area contributed by atoms with Crippen molar-refractivity contribution in [2.24, 2.45) is 0 Å². The Morgan fingerprint density at radius 2 is 1.59 bits per heavy atom. The highest BCUT2D eigenvalue weighted by Gasteiger charge is 2.27. The molecule has 2 heterocycles. The lowest BCUT2D eigenvalue weighted by molar-refractivity contribution is -0.139. The van der Waals surface area contributed by atoms with Crippen LogP contribution in [0.3, 0.4) is 0 Å². The number of aromatic nitrogens is 2. The van der Waals surface area contributed by atoms with Gasteiger partial charge in [-0.1, -0.05) is 6.08 Å². The summed E-state index contributed by atoms with van der Waals surface area (Å²) >= 11 is 0. The fraction of sp³-hybridized carbons (Fsp3) is 0.150. The highest BCUT2D eigenvalue weighted by Crippen LogP contribution is 2.27. The van der Waals surface area contributed by atoms with Gasteiger partial charge in [-0.3, -0.25) is 0 Å². The largest absolute Gasteiger partial charge is 0.465 e. The van der Waals surface area contributed by atoms with E-state index < -0.39 is 11.9 Å². The summed E-state index contributed by atoms with van der Waals surface area (Å²) in [6.07, 6.45) is 8.47. The molecule has 0 fully saturated rings. The number of esters is 2. The molecule has 2 aromatic rings. The first-order valence-corrected chi connectivity index (χ1v) is 8.23. The SMILES string of the molecule is COC(=O)C1=C(C(=O)OC)N(c2ccc(-n3ccc(C)n3)cc2)C=CC=C1. The fourth-order valence-electron chi connectivity index (χ4n) is 2.69. The van der Waals surface area contributed by atoms with Gasteiger partial charge < -0.3 is 14.4 Å². The van der Waals surface area contributed by atoms with Crippen LogP contribution in [0.5, 0.6) is 0 Å². The van der Waals surface area contributed by atoms with Gasteiger partial charge in [-0.15, -0.1) is 0 Å². The Bertz CT molecular complexity index is 952. The number of nitrogens with zero attached hydrogens (tertiary/aromatic N) is 3. The van der Waals surface area contributed by atoms with Crippen molar-refractivity contribution in [2.45, 2.75) is 6.92 Å². The van der Waals surface area contributed by atoms with Crippen LogP contribution in [0.4, 0.5) is 5.69 Å². The lowest BCUT2D eigenvalue weighted by atomic mass is 10.1. The molecule has 138 valence electrons. The van der Waals surface area contributed by atoms with Gasteiger partial charge in [0.2, 0.25) is 0 Å². The zero-order chi connectivity index (χ0) is 19.4. The summed E-state index contributed by atoms with van der Waals surface area (Å²) in [5.41, 5.74) is 2.67. The number of methoxy groups -OCH3 is 2. The molecular weight excluding hydrogens is 346 g/mol. The molecule has 1 aliphatic rings. The van der Waals surface area contributed by atoms with E-state index in [4.69, 9.17) is 9.47 Å². The molecule has 0 radical (unpaired) electrons. The van der Waals surface area contributed by atoms with Crippen LogP contribution in [0.15, 0.2) is 72.2 Å². The van der Waals surface area contributed by atoms with Crippen LogP contribution in [0, 0.1) is 6.92 Å². The highest BCUT2D eigenvalue weighted by molar-refractivity contribution is 6.05. The number of anilines is 1. The maximum Gasteiger partial charge on any atom is 0.355 e. The van der Waals surface area contributed by atoms with Crippen molar-refractivity contribution in [2.75, 3.05) is 19.1 Å². The minimum atomic E-state index is -0.640. The van der Waals surface area contributed by atoms with Gasteiger partial charge >= 0.3 is 11.9 Å². The van der Waals surface area contributed by atoms with E-state index in [-0.39, 0.29) is 11.3 Å². The summed E-state index contributed by atoms with van der Waals surface area (Å²) in [5.74, 6) is -1.26. The van der Waals surface area contributed by atoms with Crippen molar-refractivity contribution in [3.63, 3.8) is 0 Å². The van der Waals surface area contributed by atoms with Crippen molar-refractivity contribution in [3.8, 4) is 5.69 Å². The average Bonchev–Trinajstić information content (AvgIpc) is 3.01. The number of hydrogen-bond acceptors (Lipinski definition) is 6. The molecule has 7 heteroatoms. The van der Waals surface area contributed by atoms with Crippen molar-refractivity contribution >= 4 is 17.6 Å². The van der Waals surface area contributed by atoms with E-state index in [9.17, 15) is 9.59 Å². The number of rotatable bonds is 4. The van der Waals surface area contributed by atoms with Crippen molar-refractivity contribution in [1.82, 2.24) is 9.78 Å². The summed E-state index contributed by atoms with van der Waals surface area (Å²) < 4.78 is 11.5. The molecule has 1 aliphatic heterocycles. The molecule has 0 aliphatic carbocycles. The summed E-state index contributed by atoms with van der Waals surface area (Å²) in [6, 6.07) is 9.33. The Balaban J connectivity index is 2.04. The zero-order valence-electron chi connectivity index (χ0n) is 15.2. The molecule has 27 heavy (non-hydrogen) atoms. The Labute approximate surface area is 156 Å². The third kappa shape index (κ3) is 3.67. The Morgan fingerprint density at radius 1 is 0.926 bits per heavy atom. The summed E-state index contributed by atoms with van der Waals surface area (Å²) in [4.78, 5) is 26.2. The van der Waals surface area contributed by atoms with Gasteiger partial charge in [0, 0.05) is 18.1 Å². The van der Waals surface area contributed by atoms with Gasteiger partial charge in [0.15, 0.2) is 0 Å². The fourth-order valence-corrected chi connectivity index (χ4v) is 2.69. The van der Waals surface area contributed by atoms with Crippen LogP contribution in [0.1, 0.15) is 5.69 Å². The van der Waals surface area contributed by atoms with E-state index in [1.54, 1.807) is 27.9 Å². The molecule has 0 spiro atoms. The van der Waals surface area contributed by atoms with Crippen LogP contribution in [-0.4, -0.2) is 35.9 Å². The minimum absolute atomic E-state index is 0.0806. The van der Waals surface area contributed by atoms with Gasteiger partial charge in [-0.25, -0.2) is 14.3 Å². The first-order chi connectivity index (χ1) is 13.0. The topological polar surface area (TPSA) is 73.7 Å². The molecule has 0 amide bonds. The molecule has 0 unspecified atom stereocenters. The molecule has 0 bridgehead atoms. The van der Waals surface area contributed by atoms with Gasteiger partial charge in [0.05, 0.1) is 31.2 Å². The molecule has 1 aromatic carbocycles.